The Morgan fingerprint density at radius 1 is 1.44 bits per heavy atom. The molecule has 1 fully saturated rings. The molecule has 1 N–H and O–H groups in total. The first-order valence-corrected chi connectivity index (χ1v) is 5.81. The first-order valence-electron chi connectivity index (χ1n) is 5.81. The Labute approximate surface area is 104 Å². The van der Waals surface area contributed by atoms with E-state index in [2.05, 4.69) is 5.32 Å². The zero-order valence-electron chi connectivity index (χ0n) is 9.99. The minimum absolute atomic E-state index is 0.0156. The van der Waals surface area contributed by atoms with E-state index < -0.39 is 5.41 Å². The van der Waals surface area contributed by atoms with Gasteiger partial charge in [-0.15, -0.1) is 0 Å². The lowest BCUT2D eigenvalue weighted by Crippen LogP contribution is -2.26. The maximum absolute atomic E-state index is 11.8. The predicted octanol–water partition coefficient (Wildman–Crippen LogP) is 1.22. The molecule has 94 valence electrons. The van der Waals surface area contributed by atoms with Crippen LogP contribution in [0.2, 0.25) is 0 Å². The van der Waals surface area contributed by atoms with E-state index in [1.807, 2.05) is 12.1 Å². The number of esters is 1. The molecule has 1 aromatic carbocycles. The highest BCUT2D eigenvalue weighted by molar-refractivity contribution is 5.95. The molecule has 0 radical (unpaired) electrons. The second kappa shape index (κ2) is 3.73. The van der Waals surface area contributed by atoms with Crippen LogP contribution in [-0.2, 0) is 19.7 Å². The van der Waals surface area contributed by atoms with Crippen molar-refractivity contribution >= 4 is 17.6 Å². The Hall–Kier alpha value is -2.04. The fourth-order valence-corrected chi connectivity index (χ4v) is 2.30. The lowest BCUT2D eigenvalue weighted by Gasteiger charge is -2.20. The number of ether oxygens (including phenoxy) is 2. The summed E-state index contributed by atoms with van der Waals surface area (Å²) in [6.45, 7) is 0.0156. The number of anilines is 1. The van der Waals surface area contributed by atoms with E-state index in [9.17, 15) is 9.59 Å². The molecule has 18 heavy (non-hydrogen) atoms. The number of hydrogen-bond acceptors (Lipinski definition) is 4. The third-order valence-corrected chi connectivity index (χ3v) is 3.49. The van der Waals surface area contributed by atoms with Crippen molar-refractivity contribution in [2.24, 2.45) is 0 Å². The first kappa shape index (κ1) is 11.1. The van der Waals surface area contributed by atoms with Gasteiger partial charge in [0.2, 0.25) is 0 Å². The van der Waals surface area contributed by atoms with E-state index in [1.54, 1.807) is 6.07 Å². The molecule has 0 bridgehead atoms. The van der Waals surface area contributed by atoms with Gasteiger partial charge in [-0.05, 0) is 30.5 Å². The van der Waals surface area contributed by atoms with Crippen molar-refractivity contribution < 1.29 is 19.1 Å². The van der Waals surface area contributed by atoms with Gasteiger partial charge in [-0.1, -0.05) is 6.07 Å². The topological polar surface area (TPSA) is 64.6 Å². The first-order chi connectivity index (χ1) is 8.65. The van der Waals surface area contributed by atoms with Crippen LogP contribution in [0.15, 0.2) is 18.2 Å². The Kier molecular flexibility index (Phi) is 2.29. The Balaban J connectivity index is 1.96. The van der Waals surface area contributed by atoms with Gasteiger partial charge in [-0.2, -0.15) is 0 Å². The predicted molar refractivity (Wildman–Crippen MR) is 63.5 cm³/mol. The number of carbonyl (C=O) groups excluding carboxylic acids is 2. The number of fused-ring (bicyclic) bond motifs is 1. The molecule has 2 aliphatic rings. The van der Waals surface area contributed by atoms with Crippen LogP contribution in [0, 0.1) is 0 Å². The molecule has 5 nitrogen and oxygen atoms in total. The van der Waals surface area contributed by atoms with Crippen molar-refractivity contribution in [1.29, 1.82) is 0 Å². The standard InChI is InChI=1S/C13H13NO4/c1-17-12(16)13(4-5-13)8-2-3-9-10(6-8)18-7-11(15)14-9/h2-3,6H,4-5,7H2,1H3,(H,14,15). The van der Waals surface area contributed by atoms with E-state index in [0.717, 1.165) is 18.4 Å². The monoisotopic (exact) mass is 247 g/mol. The van der Waals surface area contributed by atoms with Crippen LogP contribution in [-0.4, -0.2) is 25.6 Å². The summed E-state index contributed by atoms with van der Waals surface area (Å²) < 4.78 is 10.2. The Morgan fingerprint density at radius 2 is 2.22 bits per heavy atom. The van der Waals surface area contributed by atoms with Gasteiger partial charge in [0.15, 0.2) is 6.61 Å². The van der Waals surface area contributed by atoms with Gasteiger partial charge >= 0.3 is 5.97 Å². The van der Waals surface area contributed by atoms with E-state index >= 15 is 0 Å². The number of methoxy groups -OCH3 is 1. The highest BCUT2D eigenvalue weighted by Gasteiger charge is 2.52. The Morgan fingerprint density at radius 3 is 2.89 bits per heavy atom. The smallest absolute Gasteiger partial charge is 0.316 e. The lowest BCUT2D eigenvalue weighted by molar-refractivity contribution is -0.143. The van der Waals surface area contributed by atoms with Crippen molar-refractivity contribution in [3.63, 3.8) is 0 Å². The number of amides is 1. The maximum Gasteiger partial charge on any atom is 0.316 e. The third-order valence-electron chi connectivity index (χ3n) is 3.49. The second-order valence-electron chi connectivity index (χ2n) is 4.62. The van der Waals surface area contributed by atoms with Gasteiger partial charge in [-0.25, -0.2) is 0 Å². The van der Waals surface area contributed by atoms with Gasteiger partial charge < -0.3 is 14.8 Å². The molecule has 1 aliphatic carbocycles. The zero-order valence-corrected chi connectivity index (χ0v) is 9.99. The number of hydrogen-bond donors (Lipinski definition) is 1. The number of rotatable bonds is 2. The summed E-state index contributed by atoms with van der Waals surface area (Å²) in [6.07, 6.45) is 1.59. The largest absolute Gasteiger partial charge is 0.482 e. The molecule has 1 saturated carbocycles. The number of benzene rings is 1. The van der Waals surface area contributed by atoms with Gasteiger partial charge in [-0.3, -0.25) is 9.59 Å². The molecule has 3 rings (SSSR count). The summed E-state index contributed by atoms with van der Waals surface area (Å²) in [6, 6.07) is 5.43. The third kappa shape index (κ3) is 1.54. The summed E-state index contributed by atoms with van der Waals surface area (Å²) in [4.78, 5) is 22.9. The second-order valence-corrected chi connectivity index (χ2v) is 4.62. The van der Waals surface area contributed by atoms with Gasteiger partial charge in [0.05, 0.1) is 18.2 Å². The van der Waals surface area contributed by atoms with Crippen LogP contribution in [0.1, 0.15) is 18.4 Å². The number of carbonyl (C=O) groups is 2. The summed E-state index contributed by atoms with van der Waals surface area (Å²) in [5, 5.41) is 2.72. The number of nitrogens with one attached hydrogen (secondary N) is 1. The quantitative estimate of drug-likeness (QED) is 0.798. The zero-order chi connectivity index (χ0) is 12.8. The fraction of sp³-hybridized carbons (Fsp3) is 0.385. The van der Waals surface area contributed by atoms with E-state index in [-0.39, 0.29) is 18.5 Å². The van der Waals surface area contributed by atoms with Crippen molar-refractivity contribution in [1.82, 2.24) is 0 Å². The van der Waals surface area contributed by atoms with Crippen LogP contribution < -0.4 is 10.1 Å². The molecular formula is C13H13NO4. The van der Waals surface area contributed by atoms with Crippen molar-refractivity contribution in [2.75, 3.05) is 19.0 Å². The average Bonchev–Trinajstić information content (AvgIpc) is 3.18. The molecule has 0 spiro atoms. The van der Waals surface area contributed by atoms with E-state index in [0.29, 0.717) is 11.4 Å². The van der Waals surface area contributed by atoms with Crippen LogP contribution in [0.25, 0.3) is 0 Å². The lowest BCUT2D eigenvalue weighted by atomic mass is 9.95. The van der Waals surface area contributed by atoms with E-state index in [1.165, 1.54) is 7.11 Å². The van der Waals surface area contributed by atoms with Crippen LogP contribution >= 0.6 is 0 Å². The van der Waals surface area contributed by atoms with Gasteiger partial charge in [0.1, 0.15) is 5.75 Å². The molecule has 1 amide bonds. The summed E-state index contributed by atoms with van der Waals surface area (Å²) in [5.74, 6) is 0.244. The molecule has 1 heterocycles. The highest BCUT2D eigenvalue weighted by atomic mass is 16.5. The molecule has 1 aromatic rings. The summed E-state index contributed by atoms with van der Waals surface area (Å²) in [7, 11) is 1.40. The molecule has 0 atom stereocenters. The van der Waals surface area contributed by atoms with Crippen LogP contribution in [0.3, 0.4) is 0 Å². The molecule has 5 heteroatoms. The summed E-state index contributed by atoms with van der Waals surface area (Å²) >= 11 is 0. The minimum Gasteiger partial charge on any atom is -0.482 e. The van der Waals surface area contributed by atoms with Gasteiger partial charge in [0, 0.05) is 0 Å². The maximum atomic E-state index is 11.8. The molecule has 0 unspecified atom stereocenters. The van der Waals surface area contributed by atoms with Crippen molar-refractivity contribution in [3.8, 4) is 5.75 Å². The molecular weight excluding hydrogens is 234 g/mol. The van der Waals surface area contributed by atoms with Gasteiger partial charge in [0.25, 0.3) is 5.91 Å². The molecule has 1 aliphatic heterocycles. The normalized spacial score (nSPS) is 19.3. The van der Waals surface area contributed by atoms with E-state index in [4.69, 9.17) is 9.47 Å². The molecule has 0 saturated heterocycles. The molecule has 0 aromatic heterocycles. The summed E-state index contributed by atoms with van der Waals surface area (Å²) in [5.41, 5.74) is 1.04. The van der Waals surface area contributed by atoms with Crippen LogP contribution in [0.5, 0.6) is 5.75 Å². The van der Waals surface area contributed by atoms with Crippen molar-refractivity contribution in [2.45, 2.75) is 18.3 Å². The SMILES string of the molecule is COC(=O)C1(c2ccc3c(c2)OCC(=O)N3)CC1. The highest BCUT2D eigenvalue weighted by Crippen LogP contribution is 2.50. The van der Waals surface area contributed by atoms with Crippen molar-refractivity contribution in [3.05, 3.63) is 23.8 Å². The fourth-order valence-electron chi connectivity index (χ4n) is 2.30. The Bertz CT molecular complexity index is 534. The minimum atomic E-state index is -0.505. The average molecular weight is 247 g/mol. The van der Waals surface area contributed by atoms with Crippen LogP contribution in [0.4, 0.5) is 5.69 Å².